The standard InChI is InChI=1S/C16H16O4S2/c17-16(20-14-7-8-22(18,19)11-14)10-21-15-6-5-12-3-1-2-4-13(12)9-15/h1-6,9,14H,7-8,10-11H2/t14-/m0/s1. The fourth-order valence-corrected chi connectivity index (χ4v) is 4.79. The lowest BCUT2D eigenvalue weighted by Gasteiger charge is -2.10. The number of ether oxygens (including phenoxy) is 1. The second kappa shape index (κ2) is 6.30. The Kier molecular flexibility index (Phi) is 4.40. The van der Waals surface area contributed by atoms with Crippen LogP contribution in [-0.4, -0.2) is 37.7 Å². The summed E-state index contributed by atoms with van der Waals surface area (Å²) in [4.78, 5) is 12.8. The lowest BCUT2D eigenvalue weighted by molar-refractivity contribution is -0.144. The van der Waals surface area contributed by atoms with E-state index in [4.69, 9.17) is 4.74 Å². The van der Waals surface area contributed by atoms with Crippen LogP contribution in [0.2, 0.25) is 0 Å². The molecule has 3 rings (SSSR count). The Morgan fingerprint density at radius 3 is 2.68 bits per heavy atom. The number of esters is 1. The van der Waals surface area contributed by atoms with Gasteiger partial charge in [0.2, 0.25) is 0 Å². The highest BCUT2D eigenvalue weighted by Crippen LogP contribution is 2.24. The molecule has 0 aromatic heterocycles. The summed E-state index contributed by atoms with van der Waals surface area (Å²) < 4.78 is 27.9. The van der Waals surface area contributed by atoms with Crippen LogP contribution in [0.3, 0.4) is 0 Å². The number of fused-ring (bicyclic) bond motifs is 1. The molecule has 2 aromatic rings. The van der Waals surface area contributed by atoms with Crippen molar-refractivity contribution in [2.24, 2.45) is 0 Å². The summed E-state index contributed by atoms with van der Waals surface area (Å²) in [6, 6.07) is 14.1. The van der Waals surface area contributed by atoms with Gasteiger partial charge in [-0.25, -0.2) is 8.42 Å². The fourth-order valence-electron chi connectivity index (χ4n) is 2.47. The van der Waals surface area contributed by atoms with Crippen LogP contribution in [0.15, 0.2) is 47.4 Å². The lowest BCUT2D eigenvalue weighted by Crippen LogP contribution is -2.20. The minimum Gasteiger partial charge on any atom is -0.461 e. The van der Waals surface area contributed by atoms with Crippen LogP contribution in [-0.2, 0) is 19.4 Å². The minimum atomic E-state index is -3.02. The number of hydrogen-bond acceptors (Lipinski definition) is 5. The van der Waals surface area contributed by atoms with Crippen LogP contribution < -0.4 is 0 Å². The third kappa shape index (κ3) is 3.81. The molecule has 0 N–H and O–H groups in total. The molecule has 0 spiro atoms. The molecule has 0 radical (unpaired) electrons. The summed E-state index contributed by atoms with van der Waals surface area (Å²) in [6.45, 7) is 0. The van der Waals surface area contributed by atoms with E-state index < -0.39 is 15.9 Å². The predicted molar refractivity (Wildman–Crippen MR) is 87.8 cm³/mol. The van der Waals surface area contributed by atoms with Gasteiger partial charge in [0.25, 0.3) is 0 Å². The van der Waals surface area contributed by atoms with Gasteiger partial charge >= 0.3 is 5.97 Å². The third-order valence-electron chi connectivity index (χ3n) is 3.57. The minimum absolute atomic E-state index is 0.0423. The first-order chi connectivity index (χ1) is 10.5. The topological polar surface area (TPSA) is 60.4 Å². The Labute approximate surface area is 133 Å². The first-order valence-corrected chi connectivity index (χ1v) is 9.84. The number of thioether (sulfide) groups is 1. The molecule has 1 aliphatic rings. The van der Waals surface area contributed by atoms with Gasteiger partial charge in [0.05, 0.1) is 17.3 Å². The number of carbonyl (C=O) groups excluding carboxylic acids is 1. The second-order valence-corrected chi connectivity index (χ2v) is 8.59. The summed E-state index contributed by atoms with van der Waals surface area (Å²) in [6.07, 6.45) is -0.0657. The molecule has 22 heavy (non-hydrogen) atoms. The number of hydrogen-bond donors (Lipinski definition) is 0. The lowest BCUT2D eigenvalue weighted by atomic mass is 10.1. The van der Waals surface area contributed by atoms with E-state index in [1.54, 1.807) is 0 Å². The molecule has 6 heteroatoms. The van der Waals surface area contributed by atoms with Crippen LogP contribution in [0.5, 0.6) is 0 Å². The van der Waals surface area contributed by atoms with Crippen LogP contribution >= 0.6 is 11.8 Å². The van der Waals surface area contributed by atoms with Gasteiger partial charge in [-0.15, -0.1) is 11.8 Å². The Morgan fingerprint density at radius 1 is 1.18 bits per heavy atom. The fraction of sp³-hybridized carbons (Fsp3) is 0.312. The molecule has 1 aliphatic heterocycles. The van der Waals surface area contributed by atoms with Crippen LogP contribution in [0.4, 0.5) is 0 Å². The van der Waals surface area contributed by atoms with E-state index >= 15 is 0 Å². The molecule has 116 valence electrons. The van der Waals surface area contributed by atoms with E-state index in [1.807, 2.05) is 42.5 Å². The van der Waals surface area contributed by atoms with Crippen molar-refractivity contribution in [2.45, 2.75) is 17.4 Å². The van der Waals surface area contributed by atoms with Crippen LogP contribution in [0, 0.1) is 0 Å². The number of rotatable bonds is 4. The highest BCUT2D eigenvalue weighted by Gasteiger charge is 2.30. The van der Waals surface area contributed by atoms with Crippen molar-refractivity contribution in [1.29, 1.82) is 0 Å². The monoisotopic (exact) mass is 336 g/mol. The number of sulfone groups is 1. The van der Waals surface area contributed by atoms with Gasteiger partial charge in [0.1, 0.15) is 6.10 Å². The zero-order valence-electron chi connectivity index (χ0n) is 11.9. The van der Waals surface area contributed by atoms with E-state index in [2.05, 4.69) is 0 Å². The normalized spacial score (nSPS) is 20.1. The number of benzene rings is 2. The largest absolute Gasteiger partial charge is 0.461 e. The third-order valence-corrected chi connectivity index (χ3v) is 6.27. The van der Waals surface area contributed by atoms with Crippen molar-refractivity contribution in [3.63, 3.8) is 0 Å². The van der Waals surface area contributed by atoms with Crippen molar-refractivity contribution in [3.05, 3.63) is 42.5 Å². The maximum Gasteiger partial charge on any atom is 0.316 e. The van der Waals surface area contributed by atoms with Gasteiger partial charge < -0.3 is 4.74 Å². The average molecular weight is 336 g/mol. The Hall–Kier alpha value is -1.53. The molecule has 0 amide bonds. The summed E-state index contributed by atoms with van der Waals surface area (Å²) in [5, 5.41) is 2.29. The van der Waals surface area contributed by atoms with Crippen molar-refractivity contribution < 1.29 is 17.9 Å². The molecular weight excluding hydrogens is 320 g/mol. The van der Waals surface area contributed by atoms with Crippen molar-refractivity contribution in [1.82, 2.24) is 0 Å². The molecule has 1 saturated heterocycles. The summed E-state index contributed by atoms with van der Waals surface area (Å²) in [5.74, 6) is -0.0999. The molecule has 2 aromatic carbocycles. The van der Waals surface area contributed by atoms with Crippen LogP contribution in [0.1, 0.15) is 6.42 Å². The van der Waals surface area contributed by atoms with Crippen molar-refractivity contribution in [3.8, 4) is 0 Å². The zero-order valence-corrected chi connectivity index (χ0v) is 13.5. The van der Waals surface area contributed by atoms with Gasteiger partial charge in [-0.2, -0.15) is 0 Å². The van der Waals surface area contributed by atoms with Gasteiger partial charge in [0.15, 0.2) is 9.84 Å². The average Bonchev–Trinajstić information content (AvgIpc) is 2.84. The quantitative estimate of drug-likeness (QED) is 0.634. The highest BCUT2D eigenvalue weighted by atomic mass is 32.2. The number of carbonyl (C=O) groups is 1. The molecule has 1 heterocycles. The Bertz CT molecular complexity index is 799. The van der Waals surface area contributed by atoms with E-state index in [1.165, 1.54) is 11.8 Å². The zero-order chi connectivity index (χ0) is 15.6. The van der Waals surface area contributed by atoms with E-state index in [9.17, 15) is 13.2 Å². The van der Waals surface area contributed by atoms with Gasteiger partial charge in [-0.1, -0.05) is 30.3 Å². The smallest absolute Gasteiger partial charge is 0.316 e. The van der Waals surface area contributed by atoms with Crippen LogP contribution in [0.25, 0.3) is 10.8 Å². The molecule has 0 bridgehead atoms. The molecule has 0 saturated carbocycles. The predicted octanol–water partition coefficient (Wildman–Crippen LogP) is 2.66. The Balaban J connectivity index is 1.56. The second-order valence-electron chi connectivity index (χ2n) is 5.31. The molecule has 0 unspecified atom stereocenters. The van der Waals surface area contributed by atoms with Gasteiger partial charge in [0, 0.05) is 4.90 Å². The first kappa shape index (κ1) is 15.4. The summed E-state index contributed by atoms with van der Waals surface area (Å²) >= 11 is 1.40. The molecular formula is C16H16O4S2. The van der Waals surface area contributed by atoms with Crippen molar-refractivity contribution >= 4 is 38.3 Å². The SMILES string of the molecule is O=C(CSc1ccc2ccccc2c1)O[C@H]1CCS(=O)(=O)C1. The van der Waals surface area contributed by atoms with E-state index in [0.717, 1.165) is 15.7 Å². The molecule has 0 aliphatic carbocycles. The molecule has 1 fully saturated rings. The summed E-state index contributed by atoms with van der Waals surface area (Å²) in [5.41, 5.74) is 0. The summed E-state index contributed by atoms with van der Waals surface area (Å²) in [7, 11) is -3.02. The van der Waals surface area contributed by atoms with E-state index in [0.29, 0.717) is 6.42 Å². The van der Waals surface area contributed by atoms with Gasteiger partial charge in [-0.05, 0) is 29.3 Å². The maximum atomic E-state index is 11.8. The first-order valence-electron chi connectivity index (χ1n) is 7.03. The molecule has 4 nitrogen and oxygen atoms in total. The maximum absolute atomic E-state index is 11.8. The highest BCUT2D eigenvalue weighted by molar-refractivity contribution is 8.00. The van der Waals surface area contributed by atoms with Gasteiger partial charge in [-0.3, -0.25) is 4.79 Å². The molecule has 1 atom stereocenters. The van der Waals surface area contributed by atoms with E-state index in [-0.39, 0.29) is 23.2 Å². The Morgan fingerprint density at radius 2 is 1.95 bits per heavy atom. The van der Waals surface area contributed by atoms with Crippen molar-refractivity contribution in [2.75, 3.05) is 17.3 Å².